The van der Waals surface area contributed by atoms with Crippen molar-refractivity contribution in [3.63, 3.8) is 0 Å². The van der Waals surface area contributed by atoms with E-state index in [4.69, 9.17) is 0 Å². The minimum Gasteiger partial charge on any atom is -0.326 e. The Bertz CT molecular complexity index is 959. The van der Waals surface area contributed by atoms with Gasteiger partial charge >= 0.3 is 0 Å². The van der Waals surface area contributed by atoms with Crippen molar-refractivity contribution < 1.29 is 19.2 Å². The molecule has 6 heteroatoms. The fourth-order valence-electron chi connectivity index (χ4n) is 2.79. The Balaban J connectivity index is 1.53. The van der Waals surface area contributed by atoms with Gasteiger partial charge in [0.2, 0.25) is 11.8 Å². The number of carbonyl (C=O) groups is 4. The second-order valence-corrected chi connectivity index (χ2v) is 6.61. The van der Waals surface area contributed by atoms with Crippen molar-refractivity contribution in [2.45, 2.75) is 12.8 Å². The summed E-state index contributed by atoms with van der Waals surface area (Å²) in [7, 11) is 0. The van der Waals surface area contributed by atoms with Crippen molar-refractivity contribution in [1.29, 1.82) is 0 Å². The molecule has 3 rings (SSSR count). The summed E-state index contributed by atoms with van der Waals surface area (Å²) < 4.78 is 0. The second kappa shape index (κ2) is 9.93. The first-order chi connectivity index (χ1) is 14.5. The highest BCUT2D eigenvalue weighted by Gasteiger charge is 2.15. The lowest BCUT2D eigenvalue weighted by Crippen LogP contribution is -2.17. The van der Waals surface area contributed by atoms with Crippen LogP contribution in [0.3, 0.4) is 0 Å². The minimum absolute atomic E-state index is 0.304. The van der Waals surface area contributed by atoms with Gasteiger partial charge in [0.1, 0.15) is 0 Å². The Labute approximate surface area is 173 Å². The fourth-order valence-corrected chi connectivity index (χ4v) is 2.79. The second-order valence-electron chi connectivity index (χ2n) is 6.61. The van der Waals surface area contributed by atoms with E-state index in [1.54, 1.807) is 48.5 Å². The normalized spacial score (nSPS) is 10.1. The van der Waals surface area contributed by atoms with Crippen molar-refractivity contribution in [1.82, 2.24) is 0 Å². The van der Waals surface area contributed by atoms with Crippen molar-refractivity contribution in [2.24, 2.45) is 0 Å². The lowest BCUT2D eigenvalue weighted by molar-refractivity contribution is -0.116. The van der Waals surface area contributed by atoms with Crippen LogP contribution >= 0.6 is 0 Å². The molecule has 3 aromatic rings. The highest BCUT2D eigenvalue weighted by atomic mass is 16.2. The third-order valence-corrected chi connectivity index (χ3v) is 4.29. The fraction of sp³-hybridized carbons (Fsp3) is 0.0833. The summed E-state index contributed by atoms with van der Waals surface area (Å²) in [6, 6.07) is 23.7. The molecule has 0 aliphatic heterocycles. The predicted molar refractivity (Wildman–Crippen MR) is 114 cm³/mol. The maximum Gasteiger partial charge on any atom is 0.232 e. The van der Waals surface area contributed by atoms with Crippen LogP contribution in [0, 0.1) is 0 Å². The molecule has 30 heavy (non-hydrogen) atoms. The number of para-hydroxylation sites is 2. The van der Waals surface area contributed by atoms with Gasteiger partial charge in [0, 0.05) is 22.5 Å². The van der Waals surface area contributed by atoms with Crippen molar-refractivity contribution in [2.75, 3.05) is 10.6 Å². The summed E-state index contributed by atoms with van der Waals surface area (Å²) in [6.45, 7) is 0. The molecule has 6 nitrogen and oxygen atoms in total. The van der Waals surface area contributed by atoms with Gasteiger partial charge in [-0.2, -0.15) is 0 Å². The van der Waals surface area contributed by atoms with Gasteiger partial charge in [-0.25, -0.2) is 0 Å². The molecule has 2 amide bonds. The van der Waals surface area contributed by atoms with Crippen molar-refractivity contribution in [3.8, 4) is 0 Å². The number of hydrogen-bond donors (Lipinski definition) is 2. The number of Topliss-reactive ketones (excluding diaryl/α,β-unsaturated/α-hetero) is 2. The molecule has 0 aliphatic rings. The Morgan fingerprint density at radius 3 is 1.17 bits per heavy atom. The maximum atomic E-state index is 12.3. The van der Waals surface area contributed by atoms with Crippen LogP contribution in [0.15, 0.2) is 84.9 Å². The molecule has 0 heterocycles. The molecule has 0 saturated heterocycles. The largest absolute Gasteiger partial charge is 0.326 e. The molecule has 0 atom stereocenters. The first-order valence-electron chi connectivity index (χ1n) is 9.37. The molecule has 0 spiro atoms. The van der Waals surface area contributed by atoms with Crippen LogP contribution < -0.4 is 10.6 Å². The highest BCUT2D eigenvalue weighted by Crippen LogP contribution is 2.12. The van der Waals surface area contributed by atoms with E-state index in [-0.39, 0.29) is 24.4 Å². The van der Waals surface area contributed by atoms with Crippen molar-refractivity contribution >= 4 is 34.8 Å². The minimum atomic E-state index is -0.413. The summed E-state index contributed by atoms with van der Waals surface area (Å²) in [5.74, 6) is -1.54. The van der Waals surface area contributed by atoms with Gasteiger partial charge in [-0.3, -0.25) is 19.2 Å². The standard InChI is InChI=1S/C24H20N2O4/c27-21(15-23(29)25-19-7-3-1-4-8-19)17-11-13-18(14-12-17)22(28)16-24(30)26-20-9-5-2-6-10-20/h1-14H,15-16H2,(H,25,29)(H,26,30). The number of benzene rings is 3. The lowest BCUT2D eigenvalue weighted by atomic mass is 10.0. The molecule has 0 saturated carbocycles. The van der Waals surface area contributed by atoms with E-state index in [9.17, 15) is 19.2 Å². The average Bonchev–Trinajstić information content (AvgIpc) is 2.75. The van der Waals surface area contributed by atoms with E-state index in [0.29, 0.717) is 22.5 Å². The van der Waals surface area contributed by atoms with Gasteiger partial charge in [0.15, 0.2) is 11.6 Å². The van der Waals surface area contributed by atoms with Gasteiger partial charge in [-0.05, 0) is 24.3 Å². The topological polar surface area (TPSA) is 92.3 Å². The molecular weight excluding hydrogens is 380 g/mol. The van der Waals surface area contributed by atoms with E-state index in [1.165, 1.54) is 24.3 Å². The summed E-state index contributed by atoms with van der Waals surface area (Å²) in [4.78, 5) is 48.6. The van der Waals surface area contributed by atoms with Crippen LogP contribution in [0.1, 0.15) is 33.6 Å². The quantitative estimate of drug-likeness (QED) is 0.440. The molecule has 0 radical (unpaired) electrons. The van der Waals surface area contributed by atoms with E-state index in [1.807, 2.05) is 12.1 Å². The third kappa shape index (κ3) is 5.97. The Morgan fingerprint density at radius 2 is 0.833 bits per heavy atom. The summed E-state index contributed by atoms with van der Waals surface area (Å²) >= 11 is 0. The van der Waals surface area contributed by atoms with Gasteiger partial charge in [-0.15, -0.1) is 0 Å². The first kappa shape index (κ1) is 20.7. The summed E-state index contributed by atoms with van der Waals surface area (Å²) in [6.07, 6.45) is -0.608. The SMILES string of the molecule is O=C(CC(=O)c1ccc(C(=O)CC(=O)Nc2ccccc2)cc1)Nc1ccccc1. The summed E-state index contributed by atoms with van der Waals surface area (Å²) in [5.41, 5.74) is 1.88. The summed E-state index contributed by atoms with van der Waals surface area (Å²) in [5, 5.41) is 5.31. The smallest absolute Gasteiger partial charge is 0.232 e. The number of ketones is 2. The maximum absolute atomic E-state index is 12.3. The zero-order valence-electron chi connectivity index (χ0n) is 16.1. The van der Waals surface area contributed by atoms with Crippen LogP contribution in [0.25, 0.3) is 0 Å². The predicted octanol–water partition coefficient (Wildman–Crippen LogP) is 4.11. The Hall–Kier alpha value is -4.06. The van der Waals surface area contributed by atoms with E-state index in [2.05, 4.69) is 10.6 Å². The molecule has 0 bridgehead atoms. The van der Waals surface area contributed by atoms with Crippen molar-refractivity contribution in [3.05, 3.63) is 96.1 Å². The lowest BCUT2D eigenvalue weighted by Gasteiger charge is -2.06. The van der Waals surface area contributed by atoms with E-state index >= 15 is 0 Å². The molecule has 0 aliphatic carbocycles. The zero-order chi connectivity index (χ0) is 21.3. The van der Waals surface area contributed by atoms with Gasteiger partial charge < -0.3 is 10.6 Å². The molecular formula is C24H20N2O4. The third-order valence-electron chi connectivity index (χ3n) is 4.29. The van der Waals surface area contributed by atoms with Crippen LogP contribution in [-0.2, 0) is 9.59 Å². The number of hydrogen-bond acceptors (Lipinski definition) is 4. The van der Waals surface area contributed by atoms with Gasteiger partial charge in [-0.1, -0.05) is 60.7 Å². The highest BCUT2D eigenvalue weighted by molar-refractivity contribution is 6.13. The molecule has 3 aromatic carbocycles. The molecule has 0 aromatic heterocycles. The molecule has 150 valence electrons. The van der Waals surface area contributed by atoms with E-state index < -0.39 is 11.8 Å². The molecule has 0 fully saturated rings. The van der Waals surface area contributed by atoms with Gasteiger partial charge in [0.05, 0.1) is 12.8 Å². The van der Waals surface area contributed by atoms with Crippen LogP contribution in [0.4, 0.5) is 11.4 Å². The first-order valence-corrected chi connectivity index (χ1v) is 9.37. The zero-order valence-corrected chi connectivity index (χ0v) is 16.1. The molecule has 0 unspecified atom stereocenters. The Morgan fingerprint density at radius 1 is 0.500 bits per heavy atom. The number of nitrogens with one attached hydrogen (secondary N) is 2. The van der Waals surface area contributed by atoms with Crippen LogP contribution in [-0.4, -0.2) is 23.4 Å². The monoisotopic (exact) mass is 400 g/mol. The molecule has 2 N–H and O–H groups in total. The van der Waals surface area contributed by atoms with Crippen LogP contribution in [0.5, 0.6) is 0 Å². The number of rotatable bonds is 8. The van der Waals surface area contributed by atoms with E-state index in [0.717, 1.165) is 0 Å². The number of carbonyl (C=O) groups excluding carboxylic acids is 4. The average molecular weight is 400 g/mol. The Kier molecular flexibility index (Phi) is 6.84. The van der Waals surface area contributed by atoms with Crippen LogP contribution in [0.2, 0.25) is 0 Å². The number of amides is 2. The number of anilines is 2. The van der Waals surface area contributed by atoms with Gasteiger partial charge in [0.25, 0.3) is 0 Å².